The van der Waals surface area contributed by atoms with Gasteiger partial charge in [0.25, 0.3) is 0 Å². The van der Waals surface area contributed by atoms with Crippen LogP contribution in [0.5, 0.6) is 0 Å². The first-order valence-corrected chi connectivity index (χ1v) is 18.4. The molecule has 1 heterocycles. The third kappa shape index (κ3) is 4.33. The van der Waals surface area contributed by atoms with E-state index in [1.807, 2.05) is 0 Å². The summed E-state index contributed by atoms with van der Waals surface area (Å²) in [5.41, 5.74) is 12.5. The largest absolute Gasteiger partial charge is 0.454 e. The molecule has 10 aromatic rings. The van der Waals surface area contributed by atoms with Crippen LogP contribution in [0.4, 0.5) is 17.1 Å². The minimum atomic E-state index is -0.191. The third-order valence-corrected chi connectivity index (χ3v) is 11.6. The van der Waals surface area contributed by atoms with Crippen LogP contribution in [-0.4, -0.2) is 0 Å². The van der Waals surface area contributed by atoms with Crippen LogP contribution in [0.25, 0.3) is 76.5 Å². The standard InChI is InChI=1S/C51H35NO/c1-51(2)42-24-13-25-44(49(42)41-30-34-16-3-4-17-35(34)31-43(41)51)52(46-26-12-23-40-38-21-9-10-27-47(38)53-50(40)46)45-29-28-33-15-6-8-20-37(33)48(45)39-22-11-18-32-14-5-7-19-36(32)39/h3-31H,1-2H3. The van der Waals surface area contributed by atoms with E-state index in [0.717, 1.165) is 39.0 Å². The maximum Gasteiger partial charge on any atom is 0.159 e. The minimum Gasteiger partial charge on any atom is -0.454 e. The smallest absolute Gasteiger partial charge is 0.159 e. The quantitative estimate of drug-likeness (QED) is 0.184. The Hall–Kier alpha value is -6.64. The van der Waals surface area contributed by atoms with E-state index < -0.39 is 0 Å². The number of hydrogen-bond donors (Lipinski definition) is 0. The summed E-state index contributed by atoms with van der Waals surface area (Å²) in [7, 11) is 0. The van der Waals surface area contributed by atoms with Gasteiger partial charge < -0.3 is 9.32 Å². The average molecular weight is 678 g/mol. The summed E-state index contributed by atoms with van der Waals surface area (Å²) in [6.45, 7) is 4.75. The van der Waals surface area contributed by atoms with Gasteiger partial charge in [0.15, 0.2) is 5.58 Å². The van der Waals surface area contributed by atoms with Gasteiger partial charge in [-0.1, -0.05) is 153 Å². The molecule has 0 bridgehead atoms. The Morgan fingerprint density at radius 3 is 1.81 bits per heavy atom. The van der Waals surface area contributed by atoms with Crippen molar-refractivity contribution < 1.29 is 4.42 Å². The van der Waals surface area contributed by atoms with Crippen LogP contribution >= 0.6 is 0 Å². The zero-order valence-electron chi connectivity index (χ0n) is 29.6. The van der Waals surface area contributed by atoms with Crippen molar-refractivity contribution in [3.05, 3.63) is 187 Å². The second-order valence-electron chi connectivity index (χ2n) is 14.9. The first-order chi connectivity index (χ1) is 26.1. The van der Waals surface area contributed by atoms with Crippen LogP contribution in [0, 0.1) is 0 Å². The van der Waals surface area contributed by atoms with Gasteiger partial charge in [0.1, 0.15) is 5.58 Å². The second-order valence-corrected chi connectivity index (χ2v) is 14.9. The van der Waals surface area contributed by atoms with E-state index in [4.69, 9.17) is 4.42 Å². The van der Waals surface area contributed by atoms with Crippen molar-refractivity contribution in [2.45, 2.75) is 19.3 Å². The zero-order valence-corrected chi connectivity index (χ0v) is 29.6. The molecule has 53 heavy (non-hydrogen) atoms. The molecular weight excluding hydrogens is 643 g/mol. The lowest BCUT2D eigenvalue weighted by Crippen LogP contribution is -2.16. The fourth-order valence-corrected chi connectivity index (χ4v) is 9.11. The third-order valence-electron chi connectivity index (χ3n) is 11.6. The van der Waals surface area contributed by atoms with Gasteiger partial charge in [-0.3, -0.25) is 0 Å². The summed E-state index contributed by atoms with van der Waals surface area (Å²) in [5.74, 6) is 0. The van der Waals surface area contributed by atoms with Gasteiger partial charge in [-0.25, -0.2) is 0 Å². The van der Waals surface area contributed by atoms with E-state index in [9.17, 15) is 0 Å². The summed E-state index contributed by atoms with van der Waals surface area (Å²) in [4.78, 5) is 2.49. The Morgan fingerprint density at radius 2 is 0.981 bits per heavy atom. The molecule has 2 nitrogen and oxygen atoms in total. The number of furan rings is 1. The molecule has 250 valence electrons. The van der Waals surface area contributed by atoms with E-state index in [0.29, 0.717) is 0 Å². The highest BCUT2D eigenvalue weighted by Crippen LogP contribution is 2.57. The molecular formula is C51H35NO. The van der Waals surface area contributed by atoms with Gasteiger partial charge in [-0.05, 0) is 91.0 Å². The molecule has 0 unspecified atom stereocenters. The van der Waals surface area contributed by atoms with Crippen molar-refractivity contribution in [3.8, 4) is 22.3 Å². The highest BCUT2D eigenvalue weighted by molar-refractivity contribution is 6.15. The van der Waals surface area contributed by atoms with Crippen molar-refractivity contribution in [2.24, 2.45) is 0 Å². The van der Waals surface area contributed by atoms with Crippen molar-refractivity contribution in [1.82, 2.24) is 0 Å². The molecule has 0 atom stereocenters. The molecule has 0 spiro atoms. The fourth-order valence-electron chi connectivity index (χ4n) is 9.11. The number of fused-ring (bicyclic) bond motifs is 9. The molecule has 1 aromatic heterocycles. The topological polar surface area (TPSA) is 16.4 Å². The summed E-state index contributed by atoms with van der Waals surface area (Å²) in [6, 6.07) is 64.3. The van der Waals surface area contributed by atoms with Crippen LogP contribution in [0.2, 0.25) is 0 Å². The lowest BCUT2D eigenvalue weighted by Gasteiger charge is -2.31. The van der Waals surface area contributed by atoms with Crippen LogP contribution in [-0.2, 0) is 5.41 Å². The Balaban J connectivity index is 1.30. The van der Waals surface area contributed by atoms with Crippen LogP contribution in [0.15, 0.2) is 180 Å². The molecule has 9 aromatic carbocycles. The predicted octanol–water partition coefficient (Wildman–Crippen LogP) is 14.5. The van der Waals surface area contributed by atoms with Crippen molar-refractivity contribution in [2.75, 3.05) is 4.90 Å². The van der Waals surface area contributed by atoms with Crippen LogP contribution < -0.4 is 4.90 Å². The fraction of sp³-hybridized carbons (Fsp3) is 0.0588. The maximum atomic E-state index is 6.86. The molecule has 0 saturated carbocycles. The molecule has 11 rings (SSSR count). The minimum absolute atomic E-state index is 0.191. The van der Waals surface area contributed by atoms with Crippen molar-refractivity contribution >= 4 is 71.3 Å². The van der Waals surface area contributed by atoms with Gasteiger partial charge in [0.2, 0.25) is 0 Å². The number of rotatable bonds is 4. The predicted molar refractivity (Wildman–Crippen MR) is 224 cm³/mol. The average Bonchev–Trinajstić information content (AvgIpc) is 3.69. The number of benzene rings is 9. The zero-order chi connectivity index (χ0) is 35.3. The van der Waals surface area contributed by atoms with Crippen LogP contribution in [0.3, 0.4) is 0 Å². The second kappa shape index (κ2) is 11.2. The molecule has 0 saturated heterocycles. The molecule has 0 radical (unpaired) electrons. The molecule has 2 heteroatoms. The van der Waals surface area contributed by atoms with E-state index in [1.165, 1.54) is 65.7 Å². The molecule has 0 aliphatic heterocycles. The summed E-state index contributed by atoms with van der Waals surface area (Å²) < 4.78 is 6.86. The van der Waals surface area contributed by atoms with Crippen LogP contribution in [0.1, 0.15) is 25.0 Å². The van der Waals surface area contributed by atoms with E-state index >= 15 is 0 Å². The normalized spacial score (nSPS) is 13.2. The lowest BCUT2D eigenvalue weighted by molar-refractivity contribution is 0.661. The Bertz CT molecular complexity index is 3100. The number of anilines is 3. The Morgan fingerprint density at radius 1 is 0.396 bits per heavy atom. The summed E-state index contributed by atoms with van der Waals surface area (Å²) in [5, 5.41) is 9.61. The summed E-state index contributed by atoms with van der Waals surface area (Å²) >= 11 is 0. The van der Waals surface area contributed by atoms with Gasteiger partial charge >= 0.3 is 0 Å². The lowest BCUT2D eigenvalue weighted by atomic mass is 9.82. The SMILES string of the molecule is CC1(C)c2cc3ccccc3cc2-c2c(N(c3ccc4ccccc4c3-c3cccc4ccccc34)c3cccc4c3oc3ccccc34)cccc21. The molecule has 0 N–H and O–H groups in total. The molecule has 0 amide bonds. The molecule has 0 fully saturated rings. The number of hydrogen-bond acceptors (Lipinski definition) is 2. The van der Waals surface area contributed by atoms with Gasteiger partial charge in [-0.15, -0.1) is 0 Å². The highest BCUT2D eigenvalue weighted by atomic mass is 16.3. The van der Waals surface area contributed by atoms with E-state index in [2.05, 4.69) is 195 Å². The van der Waals surface area contributed by atoms with Crippen molar-refractivity contribution in [1.29, 1.82) is 0 Å². The molecule has 1 aliphatic carbocycles. The highest BCUT2D eigenvalue weighted by Gasteiger charge is 2.39. The van der Waals surface area contributed by atoms with E-state index in [-0.39, 0.29) is 5.41 Å². The summed E-state index contributed by atoms with van der Waals surface area (Å²) in [6.07, 6.45) is 0. The number of nitrogens with zero attached hydrogens (tertiary/aromatic N) is 1. The number of para-hydroxylation sites is 2. The Labute approximate surface area is 308 Å². The Kier molecular flexibility index (Phi) is 6.33. The van der Waals surface area contributed by atoms with Gasteiger partial charge in [0, 0.05) is 27.3 Å². The van der Waals surface area contributed by atoms with Gasteiger partial charge in [-0.2, -0.15) is 0 Å². The first kappa shape index (κ1) is 30.0. The maximum absolute atomic E-state index is 6.86. The monoisotopic (exact) mass is 677 g/mol. The molecule has 1 aliphatic rings. The van der Waals surface area contributed by atoms with Crippen molar-refractivity contribution in [3.63, 3.8) is 0 Å². The van der Waals surface area contributed by atoms with Gasteiger partial charge in [0.05, 0.1) is 17.1 Å². The first-order valence-electron chi connectivity index (χ1n) is 18.4. The van der Waals surface area contributed by atoms with E-state index in [1.54, 1.807) is 0 Å².